The molecule has 0 aliphatic rings. The summed E-state index contributed by atoms with van der Waals surface area (Å²) in [6, 6.07) is 14.1. The first kappa shape index (κ1) is 8.97. The van der Waals surface area contributed by atoms with Gasteiger partial charge in [-0.25, -0.2) is 4.68 Å². The predicted molar refractivity (Wildman–Crippen MR) is 63.4 cm³/mol. The Balaban J connectivity index is 2.00. The predicted octanol–water partition coefficient (Wildman–Crippen LogP) is 2.87. The molecule has 0 saturated heterocycles. The molecule has 16 heavy (non-hydrogen) atoms. The van der Waals surface area contributed by atoms with Gasteiger partial charge in [0.25, 0.3) is 0 Å². The first-order chi connectivity index (χ1) is 7.93. The van der Waals surface area contributed by atoms with Gasteiger partial charge in [0, 0.05) is 23.7 Å². The van der Waals surface area contributed by atoms with E-state index in [1.807, 2.05) is 65.7 Å². The third kappa shape index (κ3) is 1.52. The molecular formula is C13H11N3. The molecule has 3 heteroatoms. The van der Waals surface area contributed by atoms with Crippen molar-refractivity contribution in [2.24, 2.45) is 0 Å². The van der Waals surface area contributed by atoms with Gasteiger partial charge in [-0.1, -0.05) is 18.2 Å². The standard InChI is InChI=1S/C13H11N3/c1-2-5-12(6-3-1)16-10-11(9-15-16)13-7-4-8-14-13/h1-10,14H. The Bertz CT molecular complexity index is 564. The zero-order valence-corrected chi connectivity index (χ0v) is 8.67. The van der Waals surface area contributed by atoms with Crippen LogP contribution in [0.25, 0.3) is 16.9 Å². The van der Waals surface area contributed by atoms with Crippen LogP contribution in [0.2, 0.25) is 0 Å². The first-order valence-electron chi connectivity index (χ1n) is 5.17. The monoisotopic (exact) mass is 209 g/mol. The van der Waals surface area contributed by atoms with E-state index < -0.39 is 0 Å². The molecule has 0 amide bonds. The Hall–Kier alpha value is -2.29. The lowest BCUT2D eigenvalue weighted by atomic mass is 10.2. The van der Waals surface area contributed by atoms with Gasteiger partial charge >= 0.3 is 0 Å². The maximum Gasteiger partial charge on any atom is 0.0645 e. The minimum Gasteiger partial charge on any atom is -0.361 e. The van der Waals surface area contributed by atoms with Gasteiger partial charge in [-0.05, 0) is 24.3 Å². The zero-order valence-electron chi connectivity index (χ0n) is 8.67. The van der Waals surface area contributed by atoms with Gasteiger partial charge in [-0.15, -0.1) is 0 Å². The third-order valence-corrected chi connectivity index (χ3v) is 2.51. The van der Waals surface area contributed by atoms with Crippen molar-refractivity contribution >= 4 is 0 Å². The summed E-state index contributed by atoms with van der Waals surface area (Å²) in [4.78, 5) is 3.16. The van der Waals surface area contributed by atoms with Crippen molar-refractivity contribution < 1.29 is 0 Å². The molecule has 0 spiro atoms. The van der Waals surface area contributed by atoms with Crippen LogP contribution in [0.15, 0.2) is 61.1 Å². The molecule has 0 aliphatic carbocycles. The molecule has 3 rings (SSSR count). The molecule has 0 atom stereocenters. The van der Waals surface area contributed by atoms with Gasteiger partial charge in [0.2, 0.25) is 0 Å². The number of aromatic nitrogens is 3. The number of benzene rings is 1. The van der Waals surface area contributed by atoms with Gasteiger partial charge in [0.1, 0.15) is 0 Å². The molecule has 0 radical (unpaired) electrons. The fraction of sp³-hybridized carbons (Fsp3) is 0. The van der Waals surface area contributed by atoms with E-state index in [-0.39, 0.29) is 0 Å². The number of aromatic amines is 1. The highest BCUT2D eigenvalue weighted by Gasteiger charge is 2.02. The summed E-state index contributed by atoms with van der Waals surface area (Å²) >= 11 is 0. The van der Waals surface area contributed by atoms with Crippen LogP contribution in [0.3, 0.4) is 0 Å². The van der Waals surface area contributed by atoms with Crippen LogP contribution in [0.5, 0.6) is 0 Å². The molecule has 3 nitrogen and oxygen atoms in total. The average Bonchev–Trinajstić information content (AvgIpc) is 3.01. The molecule has 0 saturated carbocycles. The number of nitrogens with zero attached hydrogens (tertiary/aromatic N) is 2. The topological polar surface area (TPSA) is 33.6 Å². The Morgan fingerprint density at radius 3 is 2.62 bits per heavy atom. The van der Waals surface area contributed by atoms with Crippen LogP contribution < -0.4 is 0 Å². The van der Waals surface area contributed by atoms with E-state index >= 15 is 0 Å². The number of para-hydroxylation sites is 1. The molecule has 2 heterocycles. The SMILES string of the molecule is c1ccc(-n2cc(-c3ccc[nH]3)cn2)cc1. The fourth-order valence-corrected chi connectivity index (χ4v) is 1.69. The Labute approximate surface area is 93.4 Å². The van der Waals surface area contributed by atoms with Crippen molar-refractivity contribution in [3.63, 3.8) is 0 Å². The lowest BCUT2D eigenvalue weighted by Gasteiger charge is -1.98. The second kappa shape index (κ2) is 3.70. The Morgan fingerprint density at radius 2 is 1.88 bits per heavy atom. The highest BCUT2D eigenvalue weighted by molar-refractivity contribution is 5.57. The van der Waals surface area contributed by atoms with Gasteiger partial charge < -0.3 is 4.98 Å². The van der Waals surface area contributed by atoms with E-state index in [0.717, 1.165) is 16.9 Å². The highest BCUT2D eigenvalue weighted by atomic mass is 15.3. The summed E-state index contributed by atoms with van der Waals surface area (Å²) < 4.78 is 1.87. The van der Waals surface area contributed by atoms with E-state index in [1.165, 1.54) is 0 Å². The first-order valence-corrected chi connectivity index (χ1v) is 5.17. The molecule has 0 bridgehead atoms. The van der Waals surface area contributed by atoms with Crippen LogP contribution in [-0.2, 0) is 0 Å². The van der Waals surface area contributed by atoms with Crippen LogP contribution >= 0.6 is 0 Å². The molecule has 3 aromatic rings. The Morgan fingerprint density at radius 1 is 1.00 bits per heavy atom. The van der Waals surface area contributed by atoms with E-state index in [4.69, 9.17) is 0 Å². The molecule has 1 aromatic carbocycles. The van der Waals surface area contributed by atoms with E-state index in [9.17, 15) is 0 Å². The lowest BCUT2D eigenvalue weighted by Crippen LogP contribution is -1.92. The zero-order chi connectivity index (χ0) is 10.8. The van der Waals surface area contributed by atoms with E-state index in [0.29, 0.717) is 0 Å². The number of nitrogens with one attached hydrogen (secondary N) is 1. The van der Waals surface area contributed by atoms with Crippen LogP contribution in [0.4, 0.5) is 0 Å². The van der Waals surface area contributed by atoms with Crippen molar-refractivity contribution in [3.05, 3.63) is 61.1 Å². The number of hydrogen-bond acceptors (Lipinski definition) is 1. The van der Waals surface area contributed by atoms with Gasteiger partial charge in [-0.2, -0.15) is 5.10 Å². The van der Waals surface area contributed by atoms with Crippen molar-refractivity contribution in [3.8, 4) is 16.9 Å². The van der Waals surface area contributed by atoms with Gasteiger partial charge in [-0.3, -0.25) is 0 Å². The second-order valence-corrected chi connectivity index (χ2v) is 3.59. The highest BCUT2D eigenvalue weighted by Crippen LogP contribution is 2.17. The number of H-pyrrole nitrogens is 1. The minimum atomic E-state index is 1.07. The molecule has 0 fully saturated rings. The smallest absolute Gasteiger partial charge is 0.0645 e. The van der Waals surface area contributed by atoms with Crippen molar-refractivity contribution in [2.45, 2.75) is 0 Å². The Kier molecular flexibility index (Phi) is 2.07. The van der Waals surface area contributed by atoms with E-state index in [2.05, 4.69) is 10.1 Å². The normalized spacial score (nSPS) is 10.5. The summed E-state index contributed by atoms with van der Waals surface area (Å²) in [5.74, 6) is 0. The van der Waals surface area contributed by atoms with Crippen molar-refractivity contribution in [1.82, 2.24) is 14.8 Å². The summed E-state index contributed by atoms with van der Waals surface area (Å²) in [6.07, 6.45) is 5.79. The van der Waals surface area contributed by atoms with Gasteiger partial charge in [0.05, 0.1) is 11.9 Å². The van der Waals surface area contributed by atoms with Crippen LogP contribution in [0, 0.1) is 0 Å². The number of hydrogen-bond donors (Lipinski definition) is 1. The largest absolute Gasteiger partial charge is 0.361 e. The molecule has 0 unspecified atom stereocenters. The molecule has 78 valence electrons. The second-order valence-electron chi connectivity index (χ2n) is 3.59. The lowest BCUT2D eigenvalue weighted by molar-refractivity contribution is 0.881. The number of rotatable bonds is 2. The maximum atomic E-state index is 4.34. The fourth-order valence-electron chi connectivity index (χ4n) is 1.69. The van der Waals surface area contributed by atoms with Crippen LogP contribution in [0.1, 0.15) is 0 Å². The third-order valence-electron chi connectivity index (χ3n) is 2.51. The molecule has 2 aromatic heterocycles. The molecule has 1 N–H and O–H groups in total. The summed E-state index contributed by atoms with van der Waals surface area (Å²) in [7, 11) is 0. The molecule has 0 aliphatic heterocycles. The minimum absolute atomic E-state index is 1.07. The van der Waals surface area contributed by atoms with E-state index in [1.54, 1.807) is 0 Å². The van der Waals surface area contributed by atoms with Crippen LogP contribution in [-0.4, -0.2) is 14.8 Å². The quantitative estimate of drug-likeness (QED) is 0.691. The summed E-state index contributed by atoms with van der Waals surface area (Å²) in [6.45, 7) is 0. The van der Waals surface area contributed by atoms with Crippen molar-refractivity contribution in [2.75, 3.05) is 0 Å². The summed E-state index contributed by atoms with van der Waals surface area (Å²) in [5, 5.41) is 4.34. The van der Waals surface area contributed by atoms with Gasteiger partial charge in [0.15, 0.2) is 0 Å². The maximum absolute atomic E-state index is 4.34. The average molecular weight is 209 g/mol. The van der Waals surface area contributed by atoms with Crippen molar-refractivity contribution in [1.29, 1.82) is 0 Å². The summed E-state index contributed by atoms with van der Waals surface area (Å²) in [5.41, 5.74) is 3.25. The molecular weight excluding hydrogens is 198 g/mol.